The number of hydrogen-bond donors (Lipinski definition) is 0. The van der Waals surface area contributed by atoms with Crippen molar-refractivity contribution in [2.75, 3.05) is 0 Å². The normalized spacial score (nSPS) is 11.8. The molecule has 0 radical (unpaired) electrons. The van der Waals surface area contributed by atoms with E-state index in [0.717, 1.165) is 11.4 Å². The van der Waals surface area contributed by atoms with Gasteiger partial charge in [0.05, 0.1) is 0 Å². The van der Waals surface area contributed by atoms with E-state index in [1.807, 2.05) is 24.3 Å². The smallest absolute Gasteiger partial charge is 0.0406 e. The van der Waals surface area contributed by atoms with Crippen LogP contribution >= 0.6 is 35.0 Å². The standard InChI is InChI=1S/C12H14Cl2S/c1-2-3-4-12(9-13)15-11-7-5-10(14)6-8-11/h5-9H,2-4H2,1H3/b12-9+. The maximum absolute atomic E-state index is 5.82. The fourth-order valence-corrected chi connectivity index (χ4v) is 2.37. The van der Waals surface area contributed by atoms with Crippen LogP contribution in [-0.2, 0) is 0 Å². The van der Waals surface area contributed by atoms with Crippen molar-refractivity contribution in [2.24, 2.45) is 0 Å². The van der Waals surface area contributed by atoms with Gasteiger partial charge in [-0.1, -0.05) is 48.3 Å². The van der Waals surface area contributed by atoms with Crippen molar-refractivity contribution in [3.8, 4) is 0 Å². The lowest BCUT2D eigenvalue weighted by molar-refractivity contribution is 0.809. The first-order valence-electron chi connectivity index (χ1n) is 4.99. The van der Waals surface area contributed by atoms with Gasteiger partial charge in [-0.25, -0.2) is 0 Å². The highest BCUT2D eigenvalue weighted by Crippen LogP contribution is 2.31. The molecule has 1 aromatic rings. The van der Waals surface area contributed by atoms with Gasteiger partial charge in [0.1, 0.15) is 0 Å². The van der Waals surface area contributed by atoms with Crippen molar-refractivity contribution in [2.45, 2.75) is 31.1 Å². The summed E-state index contributed by atoms with van der Waals surface area (Å²) in [5.74, 6) is 0. The van der Waals surface area contributed by atoms with Gasteiger partial charge in [0.25, 0.3) is 0 Å². The highest BCUT2D eigenvalue weighted by molar-refractivity contribution is 8.03. The first-order valence-corrected chi connectivity index (χ1v) is 6.62. The molecule has 0 unspecified atom stereocenters. The number of unbranched alkanes of at least 4 members (excludes halogenated alkanes) is 1. The molecule has 15 heavy (non-hydrogen) atoms. The molecule has 1 rings (SSSR count). The second-order valence-corrected chi connectivity index (χ2v) is 5.09. The van der Waals surface area contributed by atoms with Crippen molar-refractivity contribution >= 4 is 35.0 Å². The third-order valence-electron chi connectivity index (χ3n) is 1.96. The average Bonchev–Trinajstić information content (AvgIpc) is 2.27. The van der Waals surface area contributed by atoms with E-state index in [4.69, 9.17) is 23.2 Å². The number of halogens is 2. The number of hydrogen-bond acceptors (Lipinski definition) is 1. The zero-order chi connectivity index (χ0) is 11.1. The topological polar surface area (TPSA) is 0 Å². The van der Waals surface area contributed by atoms with E-state index in [9.17, 15) is 0 Å². The first kappa shape index (κ1) is 13.0. The fraction of sp³-hybridized carbons (Fsp3) is 0.333. The predicted molar refractivity (Wildman–Crippen MR) is 70.8 cm³/mol. The van der Waals surface area contributed by atoms with E-state index in [-0.39, 0.29) is 0 Å². The minimum atomic E-state index is 0.768. The summed E-state index contributed by atoms with van der Waals surface area (Å²) >= 11 is 13.3. The molecule has 0 nitrogen and oxygen atoms in total. The van der Waals surface area contributed by atoms with E-state index in [1.165, 1.54) is 22.6 Å². The molecule has 0 aliphatic carbocycles. The second-order valence-electron chi connectivity index (χ2n) is 3.23. The molecule has 0 fully saturated rings. The molecule has 0 aromatic heterocycles. The van der Waals surface area contributed by atoms with Crippen LogP contribution in [0.1, 0.15) is 26.2 Å². The zero-order valence-electron chi connectivity index (χ0n) is 8.67. The van der Waals surface area contributed by atoms with E-state index < -0.39 is 0 Å². The van der Waals surface area contributed by atoms with Gasteiger partial charge in [-0.3, -0.25) is 0 Å². The van der Waals surface area contributed by atoms with Gasteiger partial charge in [0.2, 0.25) is 0 Å². The lowest BCUT2D eigenvalue weighted by Gasteiger charge is -2.05. The quantitative estimate of drug-likeness (QED) is 0.612. The number of allylic oxidation sites excluding steroid dienone is 1. The van der Waals surface area contributed by atoms with Crippen LogP contribution in [0.3, 0.4) is 0 Å². The first-order chi connectivity index (χ1) is 7.26. The lowest BCUT2D eigenvalue weighted by Crippen LogP contribution is -1.78. The maximum atomic E-state index is 5.82. The molecular weight excluding hydrogens is 247 g/mol. The van der Waals surface area contributed by atoms with Gasteiger partial charge in [0.15, 0.2) is 0 Å². The van der Waals surface area contributed by atoms with Crippen LogP contribution in [0.25, 0.3) is 0 Å². The van der Waals surface area contributed by atoms with Crippen LogP contribution in [0.4, 0.5) is 0 Å². The van der Waals surface area contributed by atoms with Crippen molar-refractivity contribution in [1.82, 2.24) is 0 Å². The molecule has 0 amide bonds. The molecule has 82 valence electrons. The van der Waals surface area contributed by atoms with Crippen LogP contribution in [0, 0.1) is 0 Å². The monoisotopic (exact) mass is 260 g/mol. The summed E-state index contributed by atoms with van der Waals surface area (Å²) in [6.07, 6.45) is 3.42. The van der Waals surface area contributed by atoms with Gasteiger partial charge >= 0.3 is 0 Å². The third kappa shape index (κ3) is 4.96. The molecule has 0 aliphatic heterocycles. The summed E-state index contributed by atoms with van der Waals surface area (Å²) in [6, 6.07) is 7.82. The Kier molecular flexibility index (Phi) is 6.23. The zero-order valence-corrected chi connectivity index (χ0v) is 11.0. The molecule has 0 bridgehead atoms. The number of thioether (sulfide) groups is 1. The fourth-order valence-electron chi connectivity index (χ4n) is 1.13. The van der Waals surface area contributed by atoms with Gasteiger partial charge in [-0.2, -0.15) is 0 Å². The largest absolute Gasteiger partial charge is 0.0936 e. The highest BCUT2D eigenvalue weighted by Gasteiger charge is 2.00. The number of rotatable bonds is 5. The molecule has 0 heterocycles. The minimum Gasteiger partial charge on any atom is -0.0936 e. The predicted octanol–water partition coefficient (Wildman–Crippen LogP) is 5.70. The Morgan fingerprint density at radius 3 is 2.53 bits per heavy atom. The number of benzene rings is 1. The summed E-state index contributed by atoms with van der Waals surface area (Å²) in [7, 11) is 0. The molecule has 0 spiro atoms. The molecule has 0 atom stereocenters. The summed E-state index contributed by atoms with van der Waals surface area (Å²) in [5.41, 5.74) is 1.68. The molecular formula is C12H14Cl2S. The van der Waals surface area contributed by atoms with E-state index in [2.05, 4.69) is 6.92 Å². The van der Waals surface area contributed by atoms with Crippen molar-refractivity contribution in [1.29, 1.82) is 0 Å². The summed E-state index contributed by atoms with van der Waals surface area (Å²) in [6.45, 7) is 2.18. The van der Waals surface area contributed by atoms with Crippen LogP contribution < -0.4 is 0 Å². The summed E-state index contributed by atoms with van der Waals surface area (Å²) < 4.78 is 0. The average molecular weight is 261 g/mol. The summed E-state index contributed by atoms with van der Waals surface area (Å²) in [4.78, 5) is 2.39. The van der Waals surface area contributed by atoms with Crippen molar-refractivity contribution in [3.05, 3.63) is 39.7 Å². The molecule has 1 aromatic carbocycles. The Morgan fingerprint density at radius 2 is 2.00 bits per heavy atom. The maximum Gasteiger partial charge on any atom is 0.0406 e. The SMILES string of the molecule is CCCC/C(=C\Cl)Sc1ccc(Cl)cc1. The Morgan fingerprint density at radius 1 is 1.33 bits per heavy atom. The van der Waals surface area contributed by atoms with E-state index in [1.54, 1.807) is 17.3 Å². The van der Waals surface area contributed by atoms with Crippen LogP contribution in [-0.4, -0.2) is 0 Å². The molecule has 0 aliphatic rings. The Balaban J connectivity index is 2.55. The van der Waals surface area contributed by atoms with Crippen LogP contribution in [0.5, 0.6) is 0 Å². The molecule has 0 N–H and O–H groups in total. The van der Waals surface area contributed by atoms with Crippen molar-refractivity contribution in [3.63, 3.8) is 0 Å². The second kappa shape index (κ2) is 7.21. The lowest BCUT2D eigenvalue weighted by atomic mass is 10.2. The van der Waals surface area contributed by atoms with Crippen molar-refractivity contribution < 1.29 is 0 Å². The van der Waals surface area contributed by atoms with Gasteiger partial charge in [-0.15, -0.1) is 0 Å². The van der Waals surface area contributed by atoms with Gasteiger partial charge in [0, 0.05) is 20.4 Å². The van der Waals surface area contributed by atoms with Crippen LogP contribution in [0.15, 0.2) is 39.6 Å². The van der Waals surface area contributed by atoms with Gasteiger partial charge in [-0.05, 0) is 37.1 Å². The van der Waals surface area contributed by atoms with E-state index in [0.29, 0.717) is 0 Å². The molecule has 0 saturated heterocycles. The van der Waals surface area contributed by atoms with E-state index >= 15 is 0 Å². The Labute approximate surface area is 106 Å². The Bertz CT molecular complexity index is 317. The molecule has 0 saturated carbocycles. The third-order valence-corrected chi connectivity index (χ3v) is 3.70. The highest BCUT2D eigenvalue weighted by atomic mass is 35.5. The van der Waals surface area contributed by atoms with Crippen LogP contribution in [0.2, 0.25) is 5.02 Å². The summed E-state index contributed by atoms with van der Waals surface area (Å²) in [5, 5.41) is 0.768. The van der Waals surface area contributed by atoms with Gasteiger partial charge < -0.3 is 0 Å². The Hall–Kier alpha value is -0.110. The molecule has 3 heteroatoms. The minimum absolute atomic E-state index is 0.768.